The first-order chi connectivity index (χ1) is 7.51. The Balaban J connectivity index is 2.45. The Kier molecular flexibility index (Phi) is 5.22. The van der Waals surface area contributed by atoms with Gasteiger partial charge in [-0.1, -0.05) is 6.92 Å². The fraction of sp³-hybridized carbons (Fsp3) is 1.00. The number of hydrogen-bond donors (Lipinski definition) is 1. The Bertz CT molecular complexity index is 202. The van der Waals surface area contributed by atoms with Gasteiger partial charge >= 0.3 is 0 Å². The number of hydrogen-bond acceptors (Lipinski definition) is 3. The molecule has 3 nitrogen and oxygen atoms in total. The molecule has 1 N–H and O–H groups in total. The Morgan fingerprint density at radius 3 is 2.50 bits per heavy atom. The van der Waals surface area contributed by atoms with Crippen molar-refractivity contribution in [3.63, 3.8) is 0 Å². The lowest BCUT2D eigenvalue weighted by Crippen LogP contribution is -2.52. The average molecular weight is 228 g/mol. The van der Waals surface area contributed by atoms with Crippen LogP contribution in [0.4, 0.5) is 0 Å². The smallest absolute Gasteiger partial charge is 0.0630 e. The van der Waals surface area contributed by atoms with Crippen molar-refractivity contribution in [2.45, 2.75) is 57.7 Å². The molecule has 0 aromatic carbocycles. The van der Waals surface area contributed by atoms with Gasteiger partial charge in [0.1, 0.15) is 0 Å². The summed E-state index contributed by atoms with van der Waals surface area (Å²) >= 11 is 0. The largest absolute Gasteiger partial charge is 0.383 e. The van der Waals surface area contributed by atoms with Crippen molar-refractivity contribution in [3.05, 3.63) is 0 Å². The van der Waals surface area contributed by atoms with Crippen molar-refractivity contribution in [3.8, 4) is 0 Å². The predicted octanol–water partition coefficient (Wildman–Crippen LogP) is 1.87. The van der Waals surface area contributed by atoms with Crippen LogP contribution < -0.4 is 5.32 Å². The molecule has 0 saturated heterocycles. The van der Waals surface area contributed by atoms with E-state index in [2.05, 4.69) is 38.0 Å². The van der Waals surface area contributed by atoms with Crippen LogP contribution >= 0.6 is 0 Å². The van der Waals surface area contributed by atoms with Crippen LogP contribution in [0.5, 0.6) is 0 Å². The number of nitrogens with zero attached hydrogens (tertiary/aromatic N) is 1. The molecular weight excluding hydrogens is 200 g/mol. The Labute approximate surface area is 101 Å². The molecule has 0 spiro atoms. The van der Waals surface area contributed by atoms with E-state index in [9.17, 15) is 0 Å². The lowest BCUT2D eigenvalue weighted by Gasteiger charge is -2.40. The second-order valence-electron chi connectivity index (χ2n) is 5.57. The van der Waals surface area contributed by atoms with Gasteiger partial charge in [-0.2, -0.15) is 0 Å². The SMILES string of the molecule is CCC(C)(C)N(C)C(CNC1CC1)COC. The summed E-state index contributed by atoms with van der Waals surface area (Å²) in [6.07, 6.45) is 3.86. The average Bonchev–Trinajstić information content (AvgIpc) is 3.07. The first-order valence-corrected chi connectivity index (χ1v) is 6.46. The second-order valence-corrected chi connectivity index (χ2v) is 5.57. The molecule has 16 heavy (non-hydrogen) atoms. The van der Waals surface area contributed by atoms with Crippen molar-refractivity contribution < 1.29 is 4.74 Å². The second kappa shape index (κ2) is 5.99. The quantitative estimate of drug-likeness (QED) is 0.686. The minimum Gasteiger partial charge on any atom is -0.383 e. The Hall–Kier alpha value is -0.120. The topological polar surface area (TPSA) is 24.5 Å². The van der Waals surface area contributed by atoms with Crippen LogP contribution in [0.25, 0.3) is 0 Å². The number of likely N-dealkylation sites (N-methyl/N-ethyl adjacent to an activating group) is 1. The molecule has 0 aliphatic heterocycles. The Morgan fingerprint density at radius 2 is 2.06 bits per heavy atom. The molecule has 1 rings (SSSR count). The standard InChI is InChI=1S/C13H28N2O/c1-6-13(2,3)15(4)12(10-16-5)9-14-11-7-8-11/h11-12,14H,6-10H2,1-5H3. The van der Waals surface area contributed by atoms with Crippen molar-refractivity contribution >= 4 is 0 Å². The molecule has 1 atom stereocenters. The van der Waals surface area contributed by atoms with Crippen molar-refractivity contribution in [1.29, 1.82) is 0 Å². The van der Waals surface area contributed by atoms with E-state index in [4.69, 9.17) is 4.74 Å². The highest BCUT2D eigenvalue weighted by atomic mass is 16.5. The molecule has 1 unspecified atom stereocenters. The van der Waals surface area contributed by atoms with E-state index in [1.807, 2.05) is 0 Å². The van der Waals surface area contributed by atoms with E-state index >= 15 is 0 Å². The maximum atomic E-state index is 5.34. The lowest BCUT2D eigenvalue weighted by atomic mass is 9.98. The molecule has 0 radical (unpaired) electrons. The summed E-state index contributed by atoms with van der Waals surface area (Å²) in [5, 5.41) is 3.60. The number of nitrogens with one attached hydrogen (secondary N) is 1. The number of rotatable bonds is 8. The van der Waals surface area contributed by atoms with Crippen LogP contribution in [0, 0.1) is 0 Å². The van der Waals surface area contributed by atoms with Gasteiger partial charge in [0.25, 0.3) is 0 Å². The summed E-state index contributed by atoms with van der Waals surface area (Å²) in [6, 6.07) is 1.25. The van der Waals surface area contributed by atoms with Crippen molar-refractivity contribution in [2.75, 3.05) is 27.3 Å². The third kappa shape index (κ3) is 4.04. The van der Waals surface area contributed by atoms with E-state index < -0.39 is 0 Å². The molecule has 1 fully saturated rings. The van der Waals surface area contributed by atoms with Gasteiger partial charge < -0.3 is 10.1 Å². The molecular formula is C13H28N2O. The van der Waals surface area contributed by atoms with Gasteiger partial charge in [0.15, 0.2) is 0 Å². The van der Waals surface area contributed by atoms with Crippen LogP contribution in [-0.2, 0) is 4.74 Å². The van der Waals surface area contributed by atoms with E-state index in [1.54, 1.807) is 7.11 Å². The maximum absolute atomic E-state index is 5.34. The molecule has 3 heteroatoms. The molecule has 0 bridgehead atoms. The van der Waals surface area contributed by atoms with Gasteiger partial charge in [-0.15, -0.1) is 0 Å². The third-order valence-electron chi connectivity index (χ3n) is 3.95. The van der Waals surface area contributed by atoms with E-state index in [-0.39, 0.29) is 5.54 Å². The summed E-state index contributed by atoms with van der Waals surface area (Å²) in [5.41, 5.74) is 0.244. The number of methoxy groups -OCH3 is 1. The maximum Gasteiger partial charge on any atom is 0.0630 e. The molecule has 0 aromatic heterocycles. The van der Waals surface area contributed by atoms with Crippen LogP contribution in [0.1, 0.15) is 40.0 Å². The molecule has 0 amide bonds. The van der Waals surface area contributed by atoms with Crippen LogP contribution in [0.15, 0.2) is 0 Å². The summed E-state index contributed by atoms with van der Waals surface area (Å²) in [6.45, 7) is 8.69. The van der Waals surface area contributed by atoms with Crippen LogP contribution in [0.2, 0.25) is 0 Å². The van der Waals surface area contributed by atoms with Gasteiger partial charge in [0, 0.05) is 31.3 Å². The lowest BCUT2D eigenvalue weighted by molar-refractivity contribution is 0.0416. The third-order valence-corrected chi connectivity index (χ3v) is 3.95. The zero-order valence-corrected chi connectivity index (χ0v) is 11.5. The molecule has 1 saturated carbocycles. The normalized spacial score (nSPS) is 19.1. The predicted molar refractivity (Wildman–Crippen MR) is 68.8 cm³/mol. The summed E-state index contributed by atoms with van der Waals surface area (Å²) in [7, 11) is 4.00. The molecule has 0 aromatic rings. The zero-order chi connectivity index (χ0) is 12.2. The highest BCUT2D eigenvalue weighted by molar-refractivity contribution is 4.87. The monoisotopic (exact) mass is 228 g/mol. The Morgan fingerprint density at radius 1 is 1.44 bits per heavy atom. The van der Waals surface area contributed by atoms with E-state index in [0.29, 0.717) is 6.04 Å². The molecule has 1 aliphatic rings. The van der Waals surface area contributed by atoms with E-state index in [0.717, 1.165) is 25.6 Å². The van der Waals surface area contributed by atoms with Crippen LogP contribution in [-0.4, -0.2) is 49.8 Å². The minimum atomic E-state index is 0.244. The zero-order valence-electron chi connectivity index (χ0n) is 11.5. The summed E-state index contributed by atoms with van der Waals surface area (Å²) in [4.78, 5) is 2.45. The van der Waals surface area contributed by atoms with Gasteiger partial charge in [0.05, 0.1) is 6.61 Å². The van der Waals surface area contributed by atoms with Gasteiger partial charge in [-0.3, -0.25) is 4.90 Å². The summed E-state index contributed by atoms with van der Waals surface area (Å²) in [5.74, 6) is 0. The van der Waals surface area contributed by atoms with Gasteiger partial charge in [0.2, 0.25) is 0 Å². The van der Waals surface area contributed by atoms with Crippen molar-refractivity contribution in [2.24, 2.45) is 0 Å². The summed E-state index contributed by atoms with van der Waals surface area (Å²) < 4.78 is 5.34. The van der Waals surface area contributed by atoms with Crippen molar-refractivity contribution in [1.82, 2.24) is 10.2 Å². The van der Waals surface area contributed by atoms with Crippen LogP contribution in [0.3, 0.4) is 0 Å². The first-order valence-electron chi connectivity index (χ1n) is 6.46. The minimum absolute atomic E-state index is 0.244. The molecule has 96 valence electrons. The van der Waals surface area contributed by atoms with E-state index in [1.165, 1.54) is 12.8 Å². The first kappa shape index (κ1) is 13.9. The fourth-order valence-electron chi connectivity index (χ4n) is 1.83. The van der Waals surface area contributed by atoms with Gasteiger partial charge in [-0.05, 0) is 40.2 Å². The molecule has 1 aliphatic carbocycles. The molecule has 0 heterocycles. The fourth-order valence-corrected chi connectivity index (χ4v) is 1.83. The van der Waals surface area contributed by atoms with Gasteiger partial charge in [-0.25, -0.2) is 0 Å². The number of ether oxygens (including phenoxy) is 1. The highest BCUT2D eigenvalue weighted by Gasteiger charge is 2.29. The highest BCUT2D eigenvalue weighted by Crippen LogP contribution is 2.21.